The molecule has 0 aromatic carbocycles. The Labute approximate surface area is 53.4 Å². The van der Waals surface area contributed by atoms with Crippen molar-refractivity contribution in [2.45, 2.75) is 26.7 Å². The minimum absolute atomic E-state index is 0.809. The monoisotopic (exact) mass is 131 g/mol. The number of hydrogen-bond donors (Lipinski definition) is 0. The van der Waals surface area contributed by atoms with Crippen LogP contribution in [0, 0.1) is 0 Å². The summed E-state index contributed by atoms with van der Waals surface area (Å²) < 4.78 is 4.18. The Bertz CT molecular complexity index is 61.5. The first-order valence-corrected chi connectivity index (χ1v) is 4.31. The Morgan fingerprint density at radius 3 is 2.75 bits per heavy atom. The SMILES string of the molecule is CCC=NPCCC. The second-order valence-corrected chi connectivity index (χ2v) is 2.70. The molecule has 0 N–H and O–H groups in total. The third-order valence-electron chi connectivity index (χ3n) is 0.727. The molecule has 1 unspecified atom stereocenters. The highest BCUT2D eigenvalue weighted by Crippen LogP contribution is 2.10. The topological polar surface area (TPSA) is 12.4 Å². The molecule has 0 fully saturated rings. The second-order valence-electron chi connectivity index (χ2n) is 1.63. The first-order valence-electron chi connectivity index (χ1n) is 3.16. The van der Waals surface area contributed by atoms with Crippen molar-refractivity contribution in [2.75, 3.05) is 6.16 Å². The van der Waals surface area contributed by atoms with Crippen LogP contribution >= 0.6 is 8.73 Å². The molecule has 0 heterocycles. The van der Waals surface area contributed by atoms with E-state index in [4.69, 9.17) is 0 Å². The number of rotatable bonds is 4. The van der Waals surface area contributed by atoms with Crippen molar-refractivity contribution in [1.82, 2.24) is 0 Å². The fourth-order valence-corrected chi connectivity index (χ4v) is 0.997. The molecule has 0 bridgehead atoms. The molecule has 1 atom stereocenters. The van der Waals surface area contributed by atoms with Crippen LogP contribution in [0.5, 0.6) is 0 Å². The van der Waals surface area contributed by atoms with Crippen molar-refractivity contribution in [3.05, 3.63) is 0 Å². The van der Waals surface area contributed by atoms with Gasteiger partial charge in [0, 0.05) is 14.9 Å². The molecule has 0 saturated carbocycles. The normalized spacial score (nSPS) is 12.2. The molecule has 0 radical (unpaired) electrons. The summed E-state index contributed by atoms with van der Waals surface area (Å²) in [5, 5.41) is 0. The summed E-state index contributed by atoms with van der Waals surface area (Å²) in [6, 6.07) is 0. The van der Waals surface area contributed by atoms with E-state index in [0.717, 1.165) is 15.2 Å². The van der Waals surface area contributed by atoms with Crippen LogP contribution in [0.2, 0.25) is 0 Å². The summed E-state index contributed by atoms with van der Waals surface area (Å²) in [7, 11) is 0.809. The van der Waals surface area contributed by atoms with Gasteiger partial charge in [-0.2, -0.15) is 0 Å². The second kappa shape index (κ2) is 7.10. The van der Waals surface area contributed by atoms with Gasteiger partial charge in [0.05, 0.1) is 0 Å². The molecule has 48 valence electrons. The van der Waals surface area contributed by atoms with E-state index in [2.05, 4.69) is 18.6 Å². The van der Waals surface area contributed by atoms with Gasteiger partial charge >= 0.3 is 0 Å². The number of nitrogens with zero attached hydrogens (tertiary/aromatic N) is 1. The summed E-state index contributed by atoms with van der Waals surface area (Å²) in [4.78, 5) is 0. The molecular formula is C6H14NP. The Kier molecular flexibility index (Phi) is 7.19. The maximum absolute atomic E-state index is 4.18. The van der Waals surface area contributed by atoms with Gasteiger partial charge in [-0.25, -0.2) is 0 Å². The van der Waals surface area contributed by atoms with Crippen LogP contribution in [0.25, 0.3) is 0 Å². The zero-order valence-electron chi connectivity index (χ0n) is 5.65. The quantitative estimate of drug-likeness (QED) is 0.316. The third-order valence-corrected chi connectivity index (χ3v) is 1.82. The van der Waals surface area contributed by atoms with Crippen LogP contribution < -0.4 is 0 Å². The largest absolute Gasteiger partial charge is 0.277 e. The van der Waals surface area contributed by atoms with E-state index in [9.17, 15) is 0 Å². The first-order chi connectivity index (χ1) is 3.91. The van der Waals surface area contributed by atoms with E-state index in [1.807, 2.05) is 6.21 Å². The molecular weight excluding hydrogens is 117 g/mol. The highest BCUT2D eigenvalue weighted by molar-refractivity contribution is 7.36. The number of hydrogen-bond acceptors (Lipinski definition) is 1. The smallest absolute Gasteiger partial charge is 0.00249 e. The van der Waals surface area contributed by atoms with E-state index in [0.29, 0.717) is 0 Å². The Morgan fingerprint density at radius 2 is 2.25 bits per heavy atom. The van der Waals surface area contributed by atoms with E-state index in [1.54, 1.807) is 0 Å². The van der Waals surface area contributed by atoms with Crippen molar-refractivity contribution in [3.8, 4) is 0 Å². The van der Waals surface area contributed by atoms with Gasteiger partial charge in [-0.1, -0.05) is 20.3 Å². The molecule has 0 aliphatic heterocycles. The maximum atomic E-state index is 4.18. The van der Waals surface area contributed by atoms with Crippen molar-refractivity contribution < 1.29 is 0 Å². The van der Waals surface area contributed by atoms with E-state index in [-0.39, 0.29) is 0 Å². The zero-order chi connectivity index (χ0) is 6.24. The molecule has 1 nitrogen and oxygen atoms in total. The van der Waals surface area contributed by atoms with Crippen molar-refractivity contribution >= 4 is 14.9 Å². The van der Waals surface area contributed by atoms with Gasteiger partial charge in [-0.05, 0) is 12.6 Å². The lowest BCUT2D eigenvalue weighted by atomic mass is 10.6. The molecule has 0 rings (SSSR count). The first kappa shape index (κ1) is 8.10. The van der Waals surface area contributed by atoms with Crippen molar-refractivity contribution in [2.24, 2.45) is 4.76 Å². The lowest BCUT2D eigenvalue weighted by molar-refractivity contribution is 1.10. The lowest BCUT2D eigenvalue weighted by Crippen LogP contribution is -1.66. The molecule has 0 aliphatic rings. The standard InChI is InChI=1S/C6H14NP/c1-3-5-7-8-6-4-2/h5,8H,3-4,6H2,1-2H3. The summed E-state index contributed by atoms with van der Waals surface area (Å²) in [6.45, 7) is 4.30. The molecule has 0 amide bonds. The fraction of sp³-hybridized carbons (Fsp3) is 0.833. The van der Waals surface area contributed by atoms with Gasteiger partial charge in [-0.3, -0.25) is 4.76 Å². The summed E-state index contributed by atoms with van der Waals surface area (Å²) in [6.07, 6.45) is 5.60. The highest BCUT2D eigenvalue weighted by atomic mass is 31.1. The molecule has 0 aromatic rings. The van der Waals surface area contributed by atoms with Crippen LogP contribution in [0.3, 0.4) is 0 Å². The predicted octanol–water partition coefficient (Wildman–Crippen LogP) is 2.47. The van der Waals surface area contributed by atoms with Gasteiger partial charge in [0.1, 0.15) is 0 Å². The van der Waals surface area contributed by atoms with E-state index in [1.165, 1.54) is 12.6 Å². The van der Waals surface area contributed by atoms with Crippen LogP contribution in [0.4, 0.5) is 0 Å². The minimum Gasteiger partial charge on any atom is -0.277 e. The van der Waals surface area contributed by atoms with Crippen molar-refractivity contribution in [3.63, 3.8) is 0 Å². The van der Waals surface area contributed by atoms with E-state index >= 15 is 0 Å². The third kappa shape index (κ3) is 6.10. The summed E-state index contributed by atoms with van der Waals surface area (Å²) >= 11 is 0. The predicted molar refractivity (Wildman–Crippen MR) is 42.3 cm³/mol. The lowest BCUT2D eigenvalue weighted by Gasteiger charge is -1.86. The molecule has 8 heavy (non-hydrogen) atoms. The molecule has 0 spiro atoms. The van der Waals surface area contributed by atoms with Crippen LogP contribution in [0.15, 0.2) is 4.76 Å². The highest BCUT2D eigenvalue weighted by Gasteiger charge is 1.74. The Hall–Kier alpha value is 0.100. The average Bonchev–Trinajstić information content (AvgIpc) is 1.81. The van der Waals surface area contributed by atoms with Gasteiger partial charge in [0.15, 0.2) is 0 Å². The van der Waals surface area contributed by atoms with Crippen LogP contribution in [0.1, 0.15) is 26.7 Å². The van der Waals surface area contributed by atoms with Gasteiger partial charge in [-0.15, -0.1) is 0 Å². The molecule has 0 saturated heterocycles. The molecule has 2 heteroatoms. The van der Waals surface area contributed by atoms with Gasteiger partial charge in [0.2, 0.25) is 0 Å². The summed E-state index contributed by atoms with van der Waals surface area (Å²) in [5.41, 5.74) is 0. The van der Waals surface area contributed by atoms with Gasteiger partial charge in [0.25, 0.3) is 0 Å². The fourth-order valence-electron chi connectivity index (χ4n) is 0.332. The zero-order valence-corrected chi connectivity index (χ0v) is 6.65. The summed E-state index contributed by atoms with van der Waals surface area (Å²) in [5.74, 6) is 0. The Morgan fingerprint density at radius 1 is 1.50 bits per heavy atom. The average molecular weight is 131 g/mol. The maximum Gasteiger partial charge on any atom is 0.00249 e. The van der Waals surface area contributed by atoms with Crippen molar-refractivity contribution in [1.29, 1.82) is 0 Å². The minimum atomic E-state index is 0.809. The molecule has 0 aromatic heterocycles. The van der Waals surface area contributed by atoms with E-state index < -0.39 is 0 Å². The van der Waals surface area contributed by atoms with Crippen LogP contribution in [-0.4, -0.2) is 12.4 Å². The molecule has 0 aliphatic carbocycles. The van der Waals surface area contributed by atoms with Crippen LogP contribution in [-0.2, 0) is 0 Å². The Balaban J connectivity index is 2.80. The van der Waals surface area contributed by atoms with Gasteiger partial charge < -0.3 is 0 Å².